The zero-order valence-electron chi connectivity index (χ0n) is 23.9. The van der Waals surface area contributed by atoms with E-state index in [2.05, 4.69) is 28.1 Å². The SMILES string of the molecule is CCCCCCCCCCCCCCCCCCC(COP(=O)(O)CCC[N+](C)(C)C)OC(C)=O. The van der Waals surface area contributed by atoms with Gasteiger partial charge < -0.3 is 18.6 Å². The Balaban J connectivity index is 3.77. The van der Waals surface area contributed by atoms with Crippen molar-refractivity contribution < 1.29 is 28.0 Å². The molecule has 0 saturated carbocycles. The van der Waals surface area contributed by atoms with Gasteiger partial charge in [0.15, 0.2) is 0 Å². The average Bonchev–Trinajstić information content (AvgIpc) is 2.75. The summed E-state index contributed by atoms with van der Waals surface area (Å²) in [6.07, 6.45) is 22.0. The van der Waals surface area contributed by atoms with Crippen LogP contribution in [0.4, 0.5) is 0 Å². The van der Waals surface area contributed by atoms with Crippen LogP contribution in [0.1, 0.15) is 129 Å². The number of ether oxygens (including phenoxy) is 1. The summed E-state index contributed by atoms with van der Waals surface area (Å²) >= 11 is 0. The summed E-state index contributed by atoms with van der Waals surface area (Å²) in [7, 11) is 2.51. The van der Waals surface area contributed by atoms with Crippen molar-refractivity contribution in [2.45, 2.75) is 136 Å². The fourth-order valence-electron chi connectivity index (χ4n) is 4.34. The second kappa shape index (κ2) is 21.6. The fraction of sp³-hybridized carbons (Fsp3) is 0.964. The Hall–Kier alpha value is -0.420. The summed E-state index contributed by atoms with van der Waals surface area (Å²) in [6.45, 7) is 4.45. The van der Waals surface area contributed by atoms with E-state index in [-0.39, 0.29) is 18.7 Å². The molecule has 0 radical (unpaired) electrons. The van der Waals surface area contributed by atoms with Gasteiger partial charge in [0.1, 0.15) is 6.10 Å². The van der Waals surface area contributed by atoms with Crippen LogP contribution in [0.25, 0.3) is 0 Å². The standard InChI is InChI=1S/C28H58NO5P/c1-6-7-8-9-10-11-12-13-14-15-16-17-18-19-20-21-23-28(34-27(2)30)26-33-35(31,32)25-22-24-29(3,4)5/h28H,6-26H2,1-5H3/p+1. The Kier molecular flexibility index (Phi) is 21.4. The van der Waals surface area contributed by atoms with E-state index in [0.29, 0.717) is 12.8 Å². The third-order valence-corrected chi connectivity index (χ3v) is 7.88. The third kappa shape index (κ3) is 26.5. The lowest BCUT2D eigenvalue weighted by molar-refractivity contribution is -0.870. The predicted octanol–water partition coefficient (Wildman–Crippen LogP) is 7.87. The van der Waals surface area contributed by atoms with Gasteiger partial charge in [-0.1, -0.05) is 103 Å². The van der Waals surface area contributed by atoms with Crippen LogP contribution in [-0.2, 0) is 18.6 Å². The topological polar surface area (TPSA) is 72.8 Å². The Morgan fingerprint density at radius 2 is 1.20 bits per heavy atom. The maximum Gasteiger partial charge on any atom is 0.328 e. The van der Waals surface area contributed by atoms with Gasteiger partial charge in [-0.2, -0.15) is 0 Å². The molecule has 0 aromatic carbocycles. The van der Waals surface area contributed by atoms with Crippen LogP contribution in [0.15, 0.2) is 0 Å². The first-order chi connectivity index (χ1) is 16.6. The lowest BCUT2D eigenvalue weighted by Crippen LogP contribution is -2.35. The van der Waals surface area contributed by atoms with Crippen LogP contribution in [0.5, 0.6) is 0 Å². The monoisotopic (exact) mass is 520 g/mol. The largest absolute Gasteiger partial charge is 0.460 e. The molecule has 2 atom stereocenters. The molecule has 0 aromatic heterocycles. The van der Waals surface area contributed by atoms with Crippen molar-refractivity contribution in [3.8, 4) is 0 Å². The highest BCUT2D eigenvalue weighted by Crippen LogP contribution is 2.42. The van der Waals surface area contributed by atoms with Crippen LogP contribution in [-0.4, -0.2) is 61.9 Å². The van der Waals surface area contributed by atoms with Crippen molar-refractivity contribution in [2.24, 2.45) is 0 Å². The van der Waals surface area contributed by atoms with E-state index in [1.54, 1.807) is 0 Å². The Morgan fingerprint density at radius 1 is 0.771 bits per heavy atom. The highest BCUT2D eigenvalue weighted by atomic mass is 31.2. The second-order valence-corrected chi connectivity index (χ2v) is 13.3. The van der Waals surface area contributed by atoms with E-state index in [1.807, 2.05) is 0 Å². The number of esters is 1. The molecule has 0 fully saturated rings. The van der Waals surface area contributed by atoms with Crippen molar-refractivity contribution >= 4 is 13.6 Å². The molecule has 0 aliphatic rings. The second-order valence-electron chi connectivity index (χ2n) is 11.3. The smallest absolute Gasteiger partial charge is 0.328 e. The van der Waals surface area contributed by atoms with Gasteiger partial charge in [-0.25, -0.2) is 0 Å². The van der Waals surface area contributed by atoms with Crippen LogP contribution < -0.4 is 0 Å². The lowest BCUT2D eigenvalue weighted by atomic mass is 10.0. The van der Waals surface area contributed by atoms with Gasteiger partial charge in [0.2, 0.25) is 0 Å². The van der Waals surface area contributed by atoms with Crippen molar-refractivity contribution in [3.63, 3.8) is 0 Å². The molecule has 6 nitrogen and oxygen atoms in total. The molecular formula is C28H59NO5P+. The summed E-state index contributed by atoms with van der Waals surface area (Å²) in [6, 6.07) is 0. The van der Waals surface area contributed by atoms with Crippen LogP contribution in [0.2, 0.25) is 0 Å². The minimum Gasteiger partial charge on any atom is -0.460 e. The molecule has 0 amide bonds. The maximum atomic E-state index is 12.3. The molecule has 0 saturated heterocycles. The predicted molar refractivity (Wildman–Crippen MR) is 148 cm³/mol. The van der Waals surface area contributed by atoms with Gasteiger partial charge in [0.05, 0.1) is 40.5 Å². The van der Waals surface area contributed by atoms with Gasteiger partial charge >= 0.3 is 13.6 Å². The number of quaternary nitrogens is 1. The van der Waals surface area contributed by atoms with Gasteiger partial charge in [0, 0.05) is 13.3 Å². The van der Waals surface area contributed by atoms with Crippen LogP contribution >= 0.6 is 7.60 Å². The number of rotatable bonds is 25. The molecule has 2 unspecified atom stereocenters. The first-order valence-electron chi connectivity index (χ1n) is 14.5. The minimum atomic E-state index is -3.65. The zero-order valence-corrected chi connectivity index (χ0v) is 24.8. The highest BCUT2D eigenvalue weighted by molar-refractivity contribution is 7.52. The molecule has 0 aliphatic heterocycles. The van der Waals surface area contributed by atoms with E-state index in [1.165, 1.54) is 96.8 Å². The molecule has 0 spiro atoms. The van der Waals surface area contributed by atoms with Gasteiger partial charge in [-0.3, -0.25) is 9.36 Å². The summed E-state index contributed by atoms with van der Waals surface area (Å²) in [4.78, 5) is 21.5. The number of carbonyl (C=O) groups excluding carboxylic acids is 1. The third-order valence-electron chi connectivity index (χ3n) is 6.44. The zero-order chi connectivity index (χ0) is 26.4. The molecule has 35 heavy (non-hydrogen) atoms. The molecule has 0 rings (SSSR count). The number of hydrogen-bond donors (Lipinski definition) is 1. The Labute approximate surface area is 217 Å². The maximum absolute atomic E-state index is 12.3. The average molecular weight is 521 g/mol. The van der Waals surface area contributed by atoms with E-state index < -0.39 is 13.7 Å². The van der Waals surface area contributed by atoms with Crippen LogP contribution in [0, 0.1) is 0 Å². The molecule has 7 heteroatoms. The van der Waals surface area contributed by atoms with Gasteiger partial charge in [-0.05, 0) is 12.8 Å². The number of nitrogens with zero attached hydrogens (tertiary/aromatic N) is 1. The Morgan fingerprint density at radius 3 is 1.60 bits per heavy atom. The fourth-order valence-corrected chi connectivity index (χ4v) is 5.41. The molecular weight excluding hydrogens is 461 g/mol. The van der Waals surface area contributed by atoms with E-state index in [4.69, 9.17) is 9.26 Å². The van der Waals surface area contributed by atoms with E-state index in [9.17, 15) is 14.3 Å². The normalized spacial score (nSPS) is 14.6. The summed E-state index contributed by atoms with van der Waals surface area (Å²) in [5, 5.41) is 0. The molecule has 0 heterocycles. The highest BCUT2D eigenvalue weighted by Gasteiger charge is 2.24. The van der Waals surface area contributed by atoms with Gasteiger partial charge in [-0.15, -0.1) is 0 Å². The van der Waals surface area contributed by atoms with Crippen molar-refractivity contribution in [3.05, 3.63) is 0 Å². The summed E-state index contributed by atoms with van der Waals surface area (Å²) in [5.41, 5.74) is 0. The lowest BCUT2D eigenvalue weighted by Gasteiger charge is -2.24. The number of hydrogen-bond acceptors (Lipinski definition) is 4. The number of carbonyl (C=O) groups is 1. The summed E-state index contributed by atoms with van der Waals surface area (Å²) < 4.78 is 23.7. The van der Waals surface area contributed by atoms with Crippen molar-refractivity contribution in [1.29, 1.82) is 0 Å². The van der Waals surface area contributed by atoms with Crippen molar-refractivity contribution in [1.82, 2.24) is 0 Å². The first-order valence-corrected chi connectivity index (χ1v) is 16.3. The van der Waals surface area contributed by atoms with E-state index >= 15 is 0 Å². The van der Waals surface area contributed by atoms with Crippen molar-refractivity contribution in [2.75, 3.05) is 40.5 Å². The first kappa shape index (κ1) is 34.6. The molecule has 0 aromatic rings. The molecule has 0 aliphatic carbocycles. The minimum absolute atomic E-state index is 0.00350. The quantitative estimate of drug-likeness (QED) is 0.0574. The Bertz CT molecular complexity index is 550. The van der Waals surface area contributed by atoms with E-state index in [0.717, 1.165) is 23.9 Å². The molecule has 210 valence electrons. The molecule has 0 bridgehead atoms. The van der Waals surface area contributed by atoms with Gasteiger partial charge in [0.25, 0.3) is 0 Å². The summed E-state index contributed by atoms with van der Waals surface area (Å²) in [5.74, 6) is -0.368. The molecule has 1 N–H and O–H groups in total. The number of unbranched alkanes of at least 4 members (excludes halogenated alkanes) is 15. The van der Waals surface area contributed by atoms with Crippen LogP contribution in [0.3, 0.4) is 0 Å².